The fraction of sp³-hybridized carbons (Fsp3) is 0.250. The number of nitrogens with one attached hydrogen (secondary N) is 2. The Bertz CT molecular complexity index is 880. The molecule has 0 spiro atoms. The standard InChI is InChI=1S/C20H20ClN3.ClH/c21-19-6-5-14-7-9-22-10-8-18(14)20(19)24-13-17-11-15-3-1-2-4-16(15)12-23-17;/h1-6,11-12,22,24H,7-10,13H2;1H. The number of halogens is 2. The molecule has 3 nitrogen and oxygen atoms in total. The number of pyridine rings is 1. The Kier molecular flexibility index (Phi) is 5.79. The van der Waals surface area contributed by atoms with Gasteiger partial charge in [0, 0.05) is 11.6 Å². The molecule has 0 fully saturated rings. The van der Waals surface area contributed by atoms with Gasteiger partial charge in [-0.15, -0.1) is 12.4 Å². The van der Waals surface area contributed by atoms with Crippen LogP contribution in [0.5, 0.6) is 0 Å². The van der Waals surface area contributed by atoms with Gasteiger partial charge in [-0.2, -0.15) is 0 Å². The highest BCUT2D eigenvalue weighted by atomic mass is 35.5. The molecule has 0 radical (unpaired) electrons. The third-order valence-corrected chi connectivity index (χ3v) is 4.93. The zero-order chi connectivity index (χ0) is 16.4. The maximum absolute atomic E-state index is 6.47. The minimum Gasteiger partial charge on any atom is -0.378 e. The first-order chi connectivity index (χ1) is 11.8. The highest BCUT2D eigenvalue weighted by molar-refractivity contribution is 6.33. The van der Waals surface area contributed by atoms with Crippen molar-refractivity contribution in [3.8, 4) is 0 Å². The molecule has 0 amide bonds. The molecule has 5 heteroatoms. The number of benzene rings is 2. The molecule has 130 valence electrons. The number of hydrogen-bond acceptors (Lipinski definition) is 3. The van der Waals surface area contributed by atoms with Crippen LogP contribution in [0.25, 0.3) is 10.8 Å². The van der Waals surface area contributed by atoms with Crippen molar-refractivity contribution in [2.45, 2.75) is 19.4 Å². The second-order valence-corrected chi connectivity index (χ2v) is 6.59. The zero-order valence-corrected chi connectivity index (χ0v) is 15.5. The van der Waals surface area contributed by atoms with Crippen LogP contribution in [-0.4, -0.2) is 18.1 Å². The Hall–Kier alpha value is -1.81. The molecule has 2 heterocycles. The molecule has 1 aliphatic heterocycles. The molecule has 25 heavy (non-hydrogen) atoms. The zero-order valence-electron chi connectivity index (χ0n) is 13.9. The van der Waals surface area contributed by atoms with E-state index in [1.165, 1.54) is 21.9 Å². The summed E-state index contributed by atoms with van der Waals surface area (Å²) in [5, 5.41) is 10.1. The molecule has 0 atom stereocenters. The van der Waals surface area contributed by atoms with Crippen molar-refractivity contribution in [3.63, 3.8) is 0 Å². The first-order valence-corrected chi connectivity index (χ1v) is 8.77. The lowest BCUT2D eigenvalue weighted by atomic mass is 10.0. The summed E-state index contributed by atoms with van der Waals surface area (Å²) in [7, 11) is 0. The molecule has 2 N–H and O–H groups in total. The van der Waals surface area contributed by atoms with Crippen LogP contribution in [0, 0.1) is 0 Å². The average Bonchev–Trinajstić information content (AvgIpc) is 2.86. The lowest BCUT2D eigenvalue weighted by molar-refractivity contribution is 0.711. The van der Waals surface area contributed by atoms with Crippen molar-refractivity contribution in [1.82, 2.24) is 10.3 Å². The van der Waals surface area contributed by atoms with Crippen molar-refractivity contribution in [2.24, 2.45) is 0 Å². The lowest BCUT2D eigenvalue weighted by Gasteiger charge is -2.16. The van der Waals surface area contributed by atoms with E-state index in [2.05, 4.69) is 45.9 Å². The number of fused-ring (bicyclic) bond motifs is 2. The molecule has 0 saturated heterocycles. The summed E-state index contributed by atoms with van der Waals surface area (Å²) in [5.41, 5.74) is 4.81. The van der Waals surface area contributed by atoms with Gasteiger partial charge in [0.05, 0.1) is 22.9 Å². The maximum Gasteiger partial charge on any atom is 0.0640 e. The number of aromatic nitrogens is 1. The van der Waals surface area contributed by atoms with Gasteiger partial charge in [0.25, 0.3) is 0 Å². The van der Waals surface area contributed by atoms with E-state index in [9.17, 15) is 0 Å². The van der Waals surface area contributed by atoms with Gasteiger partial charge < -0.3 is 10.6 Å². The minimum absolute atomic E-state index is 0. The van der Waals surface area contributed by atoms with Gasteiger partial charge in [0.2, 0.25) is 0 Å². The Morgan fingerprint density at radius 1 is 1.04 bits per heavy atom. The highest BCUT2D eigenvalue weighted by Crippen LogP contribution is 2.31. The summed E-state index contributed by atoms with van der Waals surface area (Å²) in [5.74, 6) is 0. The van der Waals surface area contributed by atoms with Crippen LogP contribution >= 0.6 is 24.0 Å². The molecule has 4 rings (SSSR count). The summed E-state index contributed by atoms with van der Waals surface area (Å²) in [6.07, 6.45) is 3.99. The quantitative estimate of drug-likeness (QED) is 0.703. The Morgan fingerprint density at radius 2 is 1.84 bits per heavy atom. The molecular weight excluding hydrogens is 353 g/mol. The van der Waals surface area contributed by atoms with Crippen LogP contribution < -0.4 is 10.6 Å². The summed E-state index contributed by atoms with van der Waals surface area (Å²) in [6.45, 7) is 2.70. The smallest absolute Gasteiger partial charge is 0.0640 e. The van der Waals surface area contributed by atoms with Crippen LogP contribution in [0.2, 0.25) is 5.02 Å². The van der Waals surface area contributed by atoms with E-state index in [-0.39, 0.29) is 12.4 Å². The number of rotatable bonds is 3. The van der Waals surface area contributed by atoms with E-state index in [4.69, 9.17) is 11.6 Å². The SMILES string of the molecule is Cl.Clc1ccc2c(c1NCc1cc3ccccc3cn1)CCNCC2. The van der Waals surface area contributed by atoms with Crippen LogP contribution in [0.15, 0.2) is 48.7 Å². The first kappa shape index (κ1) is 18.0. The van der Waals surface area contributed by atoms with E-state index in [0.29, 0.717) is 6.54 Å². The second-order valence-electron chi connectivity index (χ2n) is 6.19. The Balaban J connectivity index is 0.00000182. The molecule has 0 aliphatic carbocycles. The van der Waals surface area contributed by atoms with E-state index in [1.54, 1.807) is 0 Å². The van der Waals surface area contributed by atoms with Gasteiger partial charge in [-0.25, -0.2) is 0 Å². The fourth-order valence-electron chi connectivity index (χ4n) is 3.34. The summed E-state index contributed by atoms with van der Waals surface area (Å²) in [4.78, 5) is 4.56. The first-order valence-electron chi connectivity index (χ1n) is 8.40. The van der Waals surface area contributed by atoms with Gasteiger partial charge in [-0.05, 0) is 54.6 Å². The monoisotopic (exact) mass is 373 g/mol. The molecule has 0 saturated carbocycles. The third-order valence-electron chi connectivity index (χ3n) is 4.62. The predicted molar refractivity (Wildman–Crippen MR) is 108 cm³/mol. The molecule has 3 aromatic rings. The van der Waals surface area contributed by atoms with Crippen LogP contribution in [0.3, 0.4) is 0 Å². The van der Waals surface area contributed by atoms with Crippen molar-refractivity contribution in [1.29, 1.82) is 0 Å². The molecule has 1 aliphatic rings. The Labute approximate surface area is 159 Å². The van der Waals surface area contributed by atoms with Crippen molar-refractivity contribution in [2.75, 3.05) is 18.4 Å². The number of hydrogen-bond donors (Lipinski definition) is 2. The fourth-order valence-corrected chi connectivity index (χ4v) is 3.58. The van der Waals surface area contributed by atoms with Crippen LogP contribution in [0.4, 0.5) is 5.69 Å². The van der Waals surface area contributed by atoms with Crippen molar-refractivity contribution >= 4 is 40.5 Å². The van der Waals surface area contributed by atoms with Crippen LogP contribution in [0.1, 0.15) is 16.8 Å². The van der Waals surface area contributed by atoms with Gasteiger partial charge >= 0.3 is 0 Å². The second kappa shape index (κ2) is 8.05. The lowest BCUT2D eigenvalue weighted by Crippen LogP contribution is -2.16. The maximum atomic E-state index is 6.47. The van der Waals surface area contributed by atoms with Crippen molar-refractivity contribution in [3.05, 3.63) is 70.5 Å². The average molecular weight is 374 g/mol. The van der Waals surface area contributed by atoms with E-state index in [0.717, 1.165) is 42.3 Å². The Morgan fingerprint density at radius 3 is 2.72 bits per heavy atom. The normalized spacial score (nSPS) is 13.6. The number of nitrogens with zero attached hydrogens (tertiary/aromatic N) is 1. The largest absolute Gasteiger partial charge is 0.378 e. The van der Waals surface area contributed by atoms with Crippen molar-refractivity contribution < 1.29 is 0 Å². The molecule has 0 bridgehead atoms. The topological polar surface area (TPSA) is 37.0 Å². The van der Waals surface area contributed by atoms with E-state index >= 15 is 0 Å². The number of anilines is 1. The van der Waals surface area contributed by atoms with E-state index < -0.39 is 0 Å². The third kappa shape index (κ3) is 3.90. The highest BCUT2D eigenvalue weighted by Gasteiger charge is 2.14. The predicted octanol–water partition coefficient (Wildman–Crippen LogP) is 4.61. The summed E-state index contributed by atoms with van der Waals surface area (Å²) in [6, 6.07) is 14.6. The van der Waals surface area contributed by atoms with Gasteiger partial charge in [0.1, 0.15) is 0 Å². The molecule has 2 aromatic carbocycles. The molecule has 0 unspecified atom stereocenters. The molecule has 1 aromatic heterocycles. The summed E-state index contributed by atoms with van der Waals surface area (Å²) >= 11 is 6.47. The van der Waals surface area contributed by atoms with Gasteiger partial charge in [0.15, 0.2) is 0 Å². The molecular formula is C20H21Cl2N3. The van der Waals surface area contributed by atoms with Gasteiger partial charge in [-0.3, -0.25) is 4.98 Å². The van der Waals surface area contributed by atoms with Crippen LogP contribution in [-0.2, 0) is 19.4 Å². The van der Waals surface area contributed by atoms with E-state index in [1.807, 2.05) is 18.3 Å². The van der Waals surface area contributed by atoms with Gasteiger partial charge in [-0.1, -0.05) is 41.9 Å². The minimum atomic E-state index is 0. The summed E-state index contributed by atoms with van der Waals surface area (Å²) < 4.78 is 0.